The first-order valence-corrected chi connectivity index (χ1v) is 5.25. The van der Waals surface area contributed by atoms with Gasteiger partial charge in [-0.25, -0.2) is 9.89 Å². The number of imide groups is 1. The third-order valence-corrected chi connectivity index (χ3v) is 1.86. The maximum absolute atomic E-state index is 11.0. The number of nitrogens with two attached hydrogens (primary N) is 1. The third kappa shape index (κ3) is 5.78. The van der Waals surface area contributed by atoms with E-state index in [9.17, 15) is 14.4 Å². The quantitative estimate of drug-likeness (QED) is 0.681. The van der Waals surface area contributed by atoms with Crippen LogP contribution in [0.4, 0.5) is 4.79 Å². The largest absolute Gasteiger partial charge is 0.351 e. The molecule has 7 heteroatoms. The molecule has 4 N–H and O–H groups in total. The fourth-order valence-corrected chi connectivity index (χ4v) is 1.09. The van der Waals surface area contributed by atoms with Gasteiger partial charge in [0.2, 0.25) is 0 Å². The highest BCUT2D eigenvalue weighted by Gasteiger charge is 2.05. The molecular formula is C12H12N4O3. The van der Waals surface area contributed by atoms with Crippen molar-refractivity contribution >= 4 is 11.9 Å². The molecule has 0 radical (unpaired) electrons. The molecule has 0 spiro atoms. The number of hydrogen-bond donors (Lipinski definition) is 3. The van der Waals surface area contributed by atoms with Crippen molar-refractivity contribution in [1.82, 2.24) is 15.5 Å². The van der Waals surface area contributed by atoms with Crippen LogP contribution < -0.4 is 16.6 Å². The Morgan fingerprint density at radius 1 is 1.11 bits per heavy atom. The van der Waals surface area contributed by atoms with Crippen molar-refractivity contribution in [3.05, 3.63) is 64.6 Å². The van der Waals surface area contributed by atoms with Gasteiger partial charge in [0.25, 0.3) is 11.5 Å². The smallest absolute Gasteiger partial charge is 0.319 e. The number of rotatable bonds is 1. The van der Waals surface area contributed by atoms with Crippen LogP contribution in [0, 0.1) is 0 Å². The fraction of sp³-hybridized carbons (Fsp3) is 0. The molecule has 1 heterocycles. The van der Waals surface area contributed by atoms with Crippen molar-refractivity contribution in [3.63, 3.8) is 0 Å². The number of aromatic amines is 1. The lowest BCUT2D eigenvalue weighted by atomic mass is 10.2. The Morgan fingerprint density at radius 2 is 1.79 bits per heavy atom. The number of hydrogen-bond acceptors (Lipinski definition) is 4. The van der Waals surface area contributed by atoms with Gasteiger partial charge >= 0.3 is 6.03 Å². The first-order valence-electron chi connectivity index (χ1n) is 5.25. The molecule has 19 heavy (non-hydrogen) atoms. The van der Waals surface area contributed by atoms with E-state index in [1.807, 2.05) is 5.32 Å². The van der Waals surface area contributed by atoms with Gasteiger partial charge in [0.15, 0.2) is 0 Å². The average Bonchev–Trinajstić information content (AvgIpc) is 2.40. The van der Waals surface area contributed by atoms with E-state index in [4.69, 9.17) is 5.73 Å². The molecule has 0 aliphatic carbocycles. The summed E-state index contributed by atoms with van der Waals surface area (Å²) in [5, 5.41) is 7.63. The molecule has 1 aromatic heterocycles. The molecule has 2 rings (SSSR count). The second-order valence-corrected chi connectivity index (χ2v) is 3.30. The monoisotopic (exact) mass is 260 g/mol. The zero-order valence-corrected chi connectivity index (χ0v) is 9.87. The summed E-state index contributed by atoms with van der Waals surface area (Å²) < 4.78 is 0. The van der Waals surface area contributed by atoms with Crippen molar-refractivity contribution in [2.75, 3.05) is 0 Å². The second-order valence-electron chi connectivity index (χ2n) is 3.30. The number of H-pyrrole nitrogens is 1. The SMILES string of the molecule is NC(=O)NC(=O)c1ccccc1.O=c1cccn[nH]1. The van der Waals surface area contributed by atoms with Gasteiger partial charge in [0.05, 0.1) is 0 Å². The highest BCUT2D eigenvalue weighted by atomic mass is 16.2. The van der Waals surface area contributed by atoms with Crippen LogP contribution in [0.2, 0.25) is 0 Å². The highest BCUT2D eigenvalue weighted by Crippen LogP contribution is 1.96. The van der Waals surface area contributed by atoms with Crippen molar-refractivity contribution in [2.24, 2.45) is 5.73 Å². The standard InChI is InChI=1S/C8H8N2O2.C4H4N2O/c9-8(12)10-7(11)6-4-2-1-3-5-6;7-4-2-1-3-5-6-4/h1-5H,(H3,9,10,11,12);1-3H,(H,6,7). The first-order chi connectivity index (χ1) is 9.09. The molecule has 3 amide bonds. The summed E-state index contributed by atoms with van der Waals surface area (Å²) in [5.74, 6) is -0.483. The Balaban J connectivity index is 0.000000218. The molecular weight excluding hydrogens is 248 g/mol. The van der Waals surface area contributed by atoms with E-state index >= 15 is 0 Å². The lowest BCUT2D eigenvalue weighted by molar-refractivity contribution is 0.0966. The molecule has 98 valence electrons. The predicted molar refractivity (Wildman–Crippen MR) is 68.3 cm³/mol. The lowest BCUT2D eigenvalue weighted by Crippen LogP contribution is -2.34. The number of carbonyl (C=O) groups is 2. The van der Waals surface area contributed by atoms with Crippen molar-refractivity contribution in [3.8, 4) is 0 Å². The van der Waals surface area contributed by atoms with E-state index in [1.54, 1.807) is 36.4 Å². The van der Waals surface area contributed by atoms with Gasteiger partial charge in [-0.3, -0.25) is 14.9 Å². The number of nitrogens with zero attached hydrogens (tertiary/aromatic N) is 1. The maximum Gasteiger partial charge on any atom is 0.319 e. The number of urea groups is 1. The number of amides is 3. The molecule has 7 nitrogen and oxygen atoms in total. The highest BCUT2D eigenvalue weighted by molar-refractivity contribution is 6.03. The summed E-state index contributed by atoms with van der Waals surface area (Å²) in [6.45, 7) is 0. The van der Waals surface area contributed by atoms with Gasteiger partial charge in [-0.2, -0.15) is 5.10 Å². The Morgan fingerprint density at radius 3 is 2.21 bits per heavy atom. The van der Waals surface area contributed by atoms with Crippen molar-refractivity contribution < 1.29 is 9.59 Å². The van der Waals surface area contributed by atoms with Gasteiger partial charge in [-0.1, -0.05) is 18.2 Å². The lowest BCUT2D eigenvalue weighted by Gasteiger charge is -1.98. The van der Waals surface area contributed by atoms with Gasteiger partial charge in [-0.15, -0.1) is 0 Å². The fourth-order valence-electron chi connectivity index (χ4n) is 1.09. The number of aromatic nitrogens is 2. The van der Waals surface area contributed by atoms with Gasteiger partial charge < -0.3 is 5.73 Å². The van der Waals surface area contributed by atoms with Crippen LogP contribution in [-0.4, -0.2) is 22.1 Å². The van der Waals surface area contributed by atoms with Gasteiger partial charge in [-0.05, 0) is 18.2 Å². The van der Waals surface area contributed by atoms with E-state index in [-0.39, 0.29) is 5.56 Å². The van der Waals surface area contributed by atoms with E-state index in [0.717, 1.165) is 0 Å². The first kappa shape index (κ1) is 14.1. The van der Waals surface area contributed by atoms with Crippen LogP contribution in [-0.2, 0) is 0 Å². The van der Waals surface area contributed by atoms with Crippen LogP contribution in [0.3, 0.4) is 0 Å². The minimum absolute atomic E-state index is 0.164. The van der Waals surface area contributed by atoms with E-state index < -0.39 is 11.9 Å². The Kier molecular flexibility index (Phi) is 5.48. The number of carbonyl (C=O) groups excluding carboxylic acids is 2. The molecule has 0 aliphatic rings. The summed E-state index contributed by atoms with van der Waals surface area (Å²) in [4.78, 5) is 31.5. The zero-order valence-electron chi connectivity index (χ0n) is 9.87. The summed E-state index contributed by atoms with van der Waals surface area (Å²) in [7, 11) is 0. The van der Waals surface area contributed by atoms with Gasteiger partial charge in [0.1, 0.15) is 0 Å². The van der Waals surface area contributed by atoms with Gasteiger partial charge in [0, 0.05) is 17.8 Å². The summed E-state index contributed by atoms with van der Waals surface area (Å²) >= 11 is 0. The van der Waals surface area contributed by atoms with E-state index in [2.05, 4.69) is 10.2 Å². The summed E-state index contributed by atoms with van der Waals surface area (Å²) in [6, 6.07) is 10.5. The summed E-state index contributed by atoms with van der Waals surface area (Å²) in [5.41, 5.74) is 5.01. The normalized spacial score (nSPS) is 8.84. The predicted octanol–water partition coefficient (Wildman–Crippen LogP) is 0.265. The molecule has 2 aromatic rings. The molecule has 1 aromatic carbocycles. The molecule has 0 unspecified atom stereocenters. The molecule has 0 saturated heterocycles. The van der Waals surface area contributed by atoms with Crippen LogP contribution in [0.25, 0.3) is 0 Å². The zero-order chi connectivity index (χ0) is 14.1. The van der Waals surface area contributed by atoms with Crippen LogP contribution in [0.5, 0.6) is 0 Å². The number of benzene rings is 1. The molecule has 0 bridgehead atoms. The minimum atomic E-state index is -0.844. The topological polar surface area (TPSA) is 118 Å². The van der Waals surface area contributed by atoms with Crippen molar-refractivity contribution in [1.29, 1.82) is 0 Å². The van der Waals surface area contributed by atoms with Crippen LogP contribution in [0.1, 0.15) is 10.4 Å². The number of nitrogens with one attached hydrogen (secondary N) is 2. The molecule has 0 fully saturated rings. The minimum Gasteiger partial charge on any atom is -0.351 e. The second kappa shape index (κ2) is 7.38. The van der Waals surface area contributed by atoms with Crippen molar-refractivity contribution in [2.45, 2.75) is 0 Å². The van der Waals surface area contributed by atoms with E-state index in [0.29, 0.717) is 5.56 Å². The van der Waals surface area contributed by atoms with E-state index in [1.165, 1.54) is 12.3 Å². The number of primary amides is 1. The summed E-state index contributed by atoms with van der Waals surface area (Å²) in [6.07, 6.45) is 1.52. The average molecular weight is 260 g/mol. The maximum atomic E-state index is 11.0. The Labute approximate surface area is 108 Å². The van der Waals surface area contributed by atoms with Crippen LogP contribution in [0.15, 0.2) is 53.5 Å². The Hall–Kier alpha value is -2.96. The van der Waals surface area contributed by atoms with Crippen LogP contribution >= 0.6 is 0 Å². The Bertz CT molecular complexity index is 578. The molecule has 0 saturated carbocycles. The molecule has 0 aliphatic heterocycles. The third-order valence-electron chi connectivity index (χ3n) is 1.86. The molecule has 0 atom stereocenters.